The van der Waals surface area contributed by atoms with Crippen molar-refractivity contribution in [3.63, 3.8) is 0 Å². The van der Waals surface area contributed by atoms with Crippen molar-refractivity contribution < 1.29 is 4.39 Å². The molecule has 112 valence electrons. The molecule has 2 aromatic carbocycles. The first-order valence-electron chi connectivity index (χ1n) is 6.94. The second kappa shape index (κ2) is 7.39. The number of nitrogens with one attached hydrogen (secondary N) is 1. The zero-order chi connectivity index (χ0) is 15.4. The van der Waals surface area contributed by atoms with Crippen LogP contribution in [0.15, 0.2) is 40.9 Å². The molecule has 0 fully saturated rings. The monoisotopic (exact) mass is 369 g/mol. The third-order valence-corrected chi connectivity index (χ3v) is 4.51. The van der Waals surface area contributed by atoms with Gasteiger partial charge in [-0.25, -0.2) is 4.39 Å². The quantitative estimate of drug-likeness (QED) is 0.738. The molecule has 0 saturated heterocycles. The van der Waals surface area contributed by atoms with E-state index in [0.717, 1.165) is 32.7 Å². The largest absolute Gasteiger partial charge is 0.310 e. The molecule has 0 radical (unpaired) electrons. The van der Waals surface area contributed by atoms with Gasteiger partial charge >= 0.3 is 0 Å². The highest BCUT2D eigenvalue weighted by atomic mass is 79.9. The third kappa shape index (κ3) is 4.29. The van der Waals surface area contributed by atoms with Gasteiger partial charge in [-0.1, -0.05) is 46.6 Å². The maximum absolute atomic E-state index is 13.5. The molecular weight excluding hydrogens is 353 g/mol. The molecule has 1 atom stereocenters. The number of halogens is 3. The molecule has 0 heterocycles. The van der Waals surface area contributed by atoms with Gasteiger partial charge in [0.05, 0.1) is 0 Å². The van der Waals surface area contributed by atoms with Gasteiger partial charge in [0, 0.05) is 15.5 Å². The maximum atomic E-state index is 13.5. The zero-order valence-electron chi connectivity index (χ0n) is 12.1. The van der Waals surface area contributed by atoms with E-state index in [-0.39, 0.29) is 11.9 Å². The van der Waals surface area contributed by atoms with Crippen LogP contribution in [-0.2, 0) is 6.42 Å². The van der Waals surface area contributed by atoms with Crippen LogP contribution in [0.5, 0.6) is 0 Å². The maximum Gasteiger partial charge on any atom is 0.123 e. The molecule has 21 heavy (non-hydrogen) atoms. The summed E-state index contributed by atoms with van der Waals surface area (Å²) in [6, 6.07) is 10.9. The van der Waals surface area contributed by atoms with Crippen molar-refractivity contribution >= 4 is 27.5 Å². The lowest BCUT2D eigenvalue weighted by Crippen LogP contribution is -2.23. The van der Waals surface area contributed by atoms with Gasteiger partial charge in [-0.05, 0) is 60.8 Å². The van der Waals surface area contributed by atoms with Gasteiger partial charge in [-0.2, -0.15) is 0 Å². The van der Waals surface area contributed by atoms with E-state index in [1.807, 2.05) is 25.1 Å². The Morgan fingerprint density at radius 1 is 1.24 bits per heavy atom. The van der Waals surface area contributed by atoms with Crippen LogP contribution in [-0.4, -0.2) is 6.54 Å². The lowest BCUT2D eigenvalue weighted by molar-refractivity contribution is 0.546. The predicted molar refractivity (Wildman–Crippen MR) is 90.4 cm³/mol. The second-order valence-electron chi connectivity index (χ2n) is 5.08. The van der Waals surface area contributed by atoms with Gasteiger partial charge in [-0.3, -0.25) is 0 Å². The van der Waals surface area contributed by atoms with E-state index in [4.69, 9.17) is 11.6 Å². The third-order valence-electron chi connectivity index (χ3n) is 3.41. The zero-order valence-corrected chi connectivity index (χ0v) is 14.4. The topological polar surface area (TPSA) is 12.0 Å². The summed E-state index contributed by atoms with van der Waals surface area (Å²) in [5, 5.41) is 4.17. The van der Waals surface area contributed by atoms with Gasteiger partial charge in [0.25, 0.3) is 0 Å². The molecule has 0 aliphatic heterocycles. The molecule has 0 amide bonds. The van der Waals surface area contributed by atoms with E-state index >= 15 is 0 Å². The fraction of sp³-hybridized carbons (Fsp3) is 0.294. The minimum atomic E-state index is -0.224. The molecule has 2 aromatic rings. The first-order valence-corrected chi connectivity index (χ1v) is 8.11. The molecule has 1 nitrogen and oxygen atoms in total. The minimum Gasteiger partial charge on any atom is -0.310 e. The van der Waals surface area contributed by atoms with E-state index < -0.39 is 0 Å². The van der Waals surface area contributed by atoms with E-state index in [0.29, 0.717) is 6.42 Å². The first-order chi connectivity index (χ1) is 10.0. The number of benzene rings is 2. The van der Waals surface area contributed by atoms with Crippen LogP contribution in [0.1, 0.15) is 29.7 Å². The van der Waals surface area contributed by atoms with Crippen LogP contribution in [0, 0.1) is 12.7 Å². The predicted octanol–water partition coefficient (Wildman–Crippen LogP) is 5.44. The van der Waals surface area contributed by atoms with E-state index in [2.05, 4.69) is 28.2 Å². The van der Waals surface area contributed by atoms with Gasteiger partial charge in [-0.15, -0.1) is 0 Å². The molecule has 0 aliphatic carbocycles. The summed E-state index contributed by atoms with van der Waals surface area (Å²) in [6.45, 7) is 4.89. The van der Waals surface area contributed by atoms with Crippen LogP contribution >= 0.6 is 27.5 Å². The number of hydrogen-bond acceptors (Lipinski definition) is 1. The normalized spacial score (nSPS) is 12.4. The highest BCUT2D eigenvalue weighted by Gasteiger charge is 2.16. The Kier molecular flexibility index (Phi) is 5.80. The molecule has 0 aliphatic rings. The lowest BCUT2D eigenvalue weighted by Gasteiger charge is -2.21. The Labute approximate surface area is 138 Å². The Bertz CT molecular complexity index is 630. The Morgan fingerprint density at radius 2 is 2.00 bits per heavy atom. The fourth-order valence-electron chi connectivity index (χ4n) is 2.37. The summed E-state index contributed by atoms with van der Waals surface area (Å²) in [4.78, 5) is 0. The Hall–Kier alpha value is -0.900. The molecule has 0 spiro atoms. The summed E-state index contributed by atoms with van der Waals surface area (Å²) in [6.07, 6.45) is 0.676. The van der Waals surface area contributed by atoms with Crippen LogP contribution < -0.4 is 5.32 Å². The summed E-state index contributed by atoms with van der Waals surface area (Å²) in [5.74, 6) is -0.224. The van der Waals surface area contributed by atoms with Crippen molar-refractivity contribution in [3.8, 4) is 0 Å². The molecule has 2 rings (SSSR count). The molecule has 0 bridgehead atoms. The van der Waals surface area contributed by atoms with Crippen LogP contribution in [0.4, 0.5) is 4.39 Å². The van der Waals surface area contributed by atoms with Crippen molar-refractivity contribution in [2.75, 3.05) is 6.54 Å². The highest BCUT2D eigenvalue weighted by Crippen LogP contribution is 2.29. The van der Waals surface area contributed by atoms with Gasteiger partial charge in [0.2, 0.25) is 0 Å². The van der Waals surface area contributed by atoms with Crippen LogP contribution in [0.2, 0.25) is 5.02 Å². The molecule has 0 saturated carbocycles. The summed E-state index contributed by atoms with van der Waals surface area (Å²) >= 11 is 9.86. The average molecular weight is 371 g/mol. The Morgan fingerprint density at radius 3 is 2.67 bits per heavy atom. The minimum absolute atomic E-state index is 0.0567. The first kappa shape index (κ1) is 16.5. The molecule has 1 unspecified atom stereocenters. The van der Waals surface area contributed by atoms with Crippen LogP contribution in [0.25, 0.3) is 0 Å². The average Bonchev–Trinajstić information content (AvgIpc) is 2.42. The van der Waals surface area contributed by atoms with Crippen LogP contribution in [0.3, 0.4) is 0 Å². The fourth-order valence-corrected chi connectivity index (χ4v) is 3.15. The second-order valence-corrected chi connectivity index (χ2v) is 6.34. The van der Waals surface area contributed by atoms with Gasteiger partial charge < -0.3 is 5.32 Å². The Balaban J connectivity index is 2.32. The lowest BCUT2D eigenvalue weighted by atomic mass is 9.97. The van der Waals surface area contributed by atoms with Gasteiger partial charge in [0.15, 0.2) is 0 Å². The number of aryl methyl sites for hydroxylation is 1. The molecular formula is C17H18BrClFN. The molecule has 1 N–H and O–H groups in total. The smallest absolute Gasteiger partial charge is 0.123 e. The SMILES string of the molecule is CCNC(Cc1cc(F)ccc1Br)c1ccc(C)cc1Cl. The number of rotatable bonds is 5. The van der Waals surface area contributed by atoms with Gasteiger partial charge in [0.1, 0.15) is 5.82 Å². The van der Waals surface area contributed by atoms with E-state index in [9.17, 15) is 4.39 Å². The summed E-state index contributed by atoms with van der Waals surface area (Å²) in [7, 11) is 0. The molecule has 4 heteroatoms. The van der Waals surface area contributed by atoms with Crippen molar-refractivity contribution in [2.45, 2.75) is 26.3 Å². The van der Waals surface area contributed by atoms with E-state index in [1.54, 1.807) is 12.1 Å². The van der Waals surface area contributed by atoms with Crippen molar-refractivity contribution in [1.82, 2.24) is 5.32 Å². The molecule has 0 aromatic heterocycles. The standard InChI is InChI=1S/C17H18BrClFN/c1-3-21-17(14-6-4-11(2)8-16(14)19)10-12-9-13(20)5-7-15(12)18/h4-9,17,21H,3,10H2,1-2H3. The van der Waals surface area contributed by atoms with E-state index in [1.165, 1.54) is 6.07 Å². The number of likely N-dealkylation sites (N-methyl/N-ethyl adjacent to an activating group) is 1. The van der Waals surface area contributed by atoms with Crippen molar-refractivity contribution in [2.24, 2.45) is 0 Å². The highest BCUT2D eigenvalue weighted by molar-refractivity contribution is 9.10. The van der Waals surface area contributed by atoms with Crippen molar-refractivity contribution in [3.05, 3.63) is 68.4 Å². The van der Waals surface area contributed by atoms with Crippen molar-refractivity contribution in [1.29, 1.82) is 0 Å². The summed E-state index contributed by atoms with van der Waals surface area (Å²) < 4.78 is 14.4. The summed E-state index contributed by atoms with van der Waals surface area (Å²) in [5.41, 5.74) is 3.10. The number of hydrogen-bond donors (Lipinski definition) is 1.